The molecule has 0 saturated heterocycles. The molecule has 0 aliphatic carbocycles. The Hall–Kier alpha value is -1.05. The maximum absolute atomic E-state index is 11.9. The lowest BCUT2D eigenvalue weighted by Crippen LogP contribution is -2.35. The summed E-state index contributed by atoms with van der Waals surface area (Å²) in [5, 5.41) is 13.6. The van der Waals surface area contributed by atoms with E-state index >= 15 is 0 Å². The lowest BCUT2D eigenvalue weighted by atomic mass is 10.0. The number of aliphatic carboxylic acids is 1. The summed E-state index contributed by atoms with van der Waals surface area (Å²) in [4.78, 5) is 23.6. The molecule has 0 spiro atoms. The molecule has 0 radical (unpaired) electrons. The van der Waals surface area contributed by atoms with Crippen LogP contribution in [-0.4, -0.2) is 34.5 Å². The molecule has 4 N–H and O–H groups in total. The van der Waals surface area contributed by atoms with E-state index in [4.69, 9.17) is 10.8 Å². The lowest BCUT2D eigenvalue weighted by molar-refractivity contribution is -0.138. The lowest BCUT2D eigenvalue weighted by Gasteiger charge is -2.21. The normalized spacial score (nSPS) is 14.0. The summed E-state index contributed by atoms with van der Waals surface area (Å²) >= 11 is 2.85. The molecule has 0 aliphatic heterocycles. The Labute approximate surface area is 126 Å². The van der Waals surface area contributed by atoms with Gasteiger partial charge < -0.3 is 16.2 Å². The molecule has 0 fully saturated rings. The van der Waals surface area contributed by atoms with Crippen LogP contribution in [0.5, 0.6) is 0 Å². The number of amides is 1. The average Bonchev–Trinajstić information content (AvgIpc) is 2.88. The summed E-state index contributed by atoms with van der Waals surface area (Å²) in [6.45, 7) is 4.11. The fraction of sp³-hybridized carbons (Fsp3) is 0.538. The number of carbonyl (C=O) groups is 2. The molecule has 5 nitrogen and oxygen atoms in total. The van der Waals surface area contributed by atoms with Gasteiger partial charge in [-0.25, -0.2) is 0 Å². The van der Waals surface area contributed by atoms with Gasteiger partial charge in [-0.2, -0.15) is 0 Å². The predicted molar refractivity (Wildman–Crippen MR) is 83.0 cm³/mol. The molecule has 0 bridgehead atoms. The molecule has 1 unspecified atom stereocenters. The van der Waals surface area contributed by atoms with Crippen LogP contribution in [0.4, 0.5) is 0 Å². The van der Waals surface area contributed by atoms with E-state index in [1.807, 2.05) is 17.5 Å². The van der Waals surface area contributed by atoms with Gasteiger partial charge in [-0.05, 0) is 17.4 Å². The van der Waals surface area contributed by atoms with Gasteiger partial charge in [0.15, 0.2) is 0 Å². The maximum Gasteiger partial charge on any atom is 0.321 e. The molecular weight excluding hydrogens is 296 g/mol. The number of thiophene rings is 1. The van der Waals surface area contributed by atoms with Gasteiger partial charge in [0.2, 0.25) is 5.91 Å². The largest absolute Gasteiger partial charge is 0.480 e. The first kappa shape index (κ1) is 17.0. The number of thioether (sulfide) groups is 1. The quantitative estimate of drug-likeness (QED) is 0.679. The first-order valence-electron chi connectivity index (χ1n) is 6.30. The minimum Gasteiger partial charge on any atom is -0.480 e. The Balaban J connectivity index is 2.42. The number of carboxylic acids is 1. The number of hydrogen-bond acceptors (Lipinski definition) is 5. The van der Waals surface area contributed by atoms with Crippen molar-refractivity contribution < 1.29 is 14.7 Å². The highest BCUT2D eigenvalue weighted by Gasteiger charge is 2.19. The molecule has 7 heteroatoms. The Kier molecular flexibility index (Phi) is 7.04. The zero-order valence-corrected chi connectivity index (χ0v) is 13.2. The maximum atomic E-state index is 11.9. The Bertz CT molecular complexity index is 435. The van der Waals surface area contributed by atoms with Crippen molar-refractivity contribution in [2.24, 2.45) is 11.7 Å². The molecule has 1 rings (SSSR count). The number of carbonyl (C=O) groups excluding carboxylic acids is 1. The van der Waals surface area contributed by atoms with E-state index in [1.165, 1.54) is 11.8 Å². The topological polar surface area (TPSA) is 92.4 Å². The number of nitrogens with one attached hydrogen (secondary N) is 1. The van der Waals surface area contributed by atoms with Crippen LogP contribution < -0.4 is 11.1 Å². The van der Waals surface area contributed by atoms with E-state index in [9.17, 15) is 9.59 Å². The average molecular weight is 316 g/mol. The molecule has 1 heterocycles. The van der Waals surface area contributed by atoms with Gasteiger partial charge in [-0.3, -0.25) is 9.59 Å². The van der Waals surface area contributed by atoms with E-state index in [1.54, 1.807) is 11.3 Å². The van der Waals surface area contributed by atoms with Gasteiger partial charge in [0.1, 0.15) is 6.04 Å². The zero-order valence-electron chi connectivity index (χ0n) is 11.5. The van der Waals surface area contributed by atoms with E-state index in [-0.39, 0.29) is 23.5 Å². The standard InChI is InChI=1S/C13H20N2O3S2/c1-8(2)12(10-4-3-5-20-10)15-11(16)7-19-6-9(14)13(17)18/h3-5,8-9,12H,6-7,14H2,1-2H3,(H,15,16)(H,17,18)/t9-,12?/m0/s1. The third kappa shape index (κ3) is 5.52. The Morgan fingerprint density at radius 1 is 1.50 bits per heavy atom. The molecule has 1 aromatic rings. The van der Waals surface area contributed by atoms with E-state index in [0.29, 0.717) is 5.92 Å². The fourth-order valence-corrected chi connectivity index (χ4v) is 3.33. The van der Waals surface area contributed by atoms with E-state index in [2.05, 4.69) is 19.2 Å². The summed E-state index contributed by atoms with van der Waals surface area (Å²) in [7, 11) is 0. The molecule has 20 heavy (non-hydrogen) atoms. The van der Waals surface area contributed by atoms with Crippen LogP contribution >= 0.6 is 23.1 Å². The third-order valence-corrected chi connectivity index (χ3v) is 4.70. The summed E-state index contributed by atoms with van der Waals surface area (Å²) in [6.07, 6.45) is 0. The fourth-order valence-electron chi connectivity index (χ4n) is 1.60. The molecule has 0 aliphatic rings. The van der Waals surface area contributed by atoms with Gasteiger partial charge in [0, 0.05) is 10.6 Å². The van der Waals surface area contributed by atoms with Crippen LogP contribution in [0.25, 0.3) is 0 Å². The van der Waals surface area contributed by atoms with Crippen LogP contribution in [0.1, 0.15) is 24.8 Å². The second-order valence-electron chi connectivity index (χ2n) is 4.76. The SMILES string of the molecule is CC(C)C(NC(=O)CSC[C@H](N)C(=O)O)c1cccs1. The molecule has 0 saturated carbocycles. The minimum absolute atomic E-state index is 0.00347. The van der Waals surface area contributed by atoms with Crippen LogP contribution in [0, 0.1) is 5.92 Å². The first-order chi connectivity index (χ1) is 9.41. The monoisotopic (exact) mass is 316 g/mol. The van der Waals surface area contributed by atoms with Crippen LogP contribution in [0.2, 0.25) is 0 Å². The molecule has 0 aromatic carbocycles. The summed E-state index contributed by atoms with van der Waals surface area (Å²) in [6, 6.07) is 3.04. The van der Waals surface area contributed by atoms with Crippen molar-refractivity contribution in [1.82, 2.24) is 5.32 Å². The second-order valence-corrected chi connectivity index (χ2v) is 6.77. The third-order valence-electron chi connectivity index (χ3n) is 2.68. The number of rotatable bonds is 8. The van der Waals surface area contributed by atoms with Crippen molar-refractivity contribution in [2.75, 3.05) is 11.5 Å². The molecule has 1 amide bonds. The molecule has 112 valence electrons. The van der Waals surface area contributed by atoms with Crippen LogP contribution in [-0.2, 0) is 9.59 Å². The Morgan fingerprint density at radius 3 is 2.70 bits per heavy atom. The van der Waals surface area contributed by atoms with E-state index < -0.39 is 12.0 Å². The highest BCUT2D eigenvalue weighted by molar-refractivity contribution is 8.00. The summed E-state index contributed by atoms with van der Waals surface area (Å²) < 4.78 is 0. The van der Waals surface area contributed by atoms with Crippen molar-refractivity contribution in [1.29, 1.82) is 0 Å². The molecule has 1 aromatic heterocycles. The van der Waals surface area contributed by atoms with Gasteiger partial charge in [0.25, 0.3) is 0 Å². The van der Waals surface area contributed by atoms with Crippen molar-refractivity contribution in [3.05, 3.63) is 22.4 Å². The van der Waals surface area contributed by atoms with Gasteiger partial charge in [-0.15, -0.1) is 23.1 Å². The molecule has 2 atom stereocenters. The van der Waals surface area contributed by atoms with Crippen LogP contribution in [0.15, 0.2) is 17.5 Å². The Morgan fingerprint density at radius 2 is 2.20 bits per heavy atom. The molecular formula is C13H20N2O3S2. The number of hydrogen-bond donors (Lipinski definition) is 3. The highest BCUT2D eigenvalue weighted by Crippen LogP contribution is 2.25. The summed E-state index contributed by atoms with van der Waals surface area (Å²) in [5.41, 5.74) is 5.38. The van der Waals surface area contributed by atoms with E-state index in [0.717, 1.165) is 4.88 Å². The number of carboxylic acid groups (broad SMARTS) is 1. The van der Waals surface area contributed by atoms with Gasteiger partial charge in [-0.1, -0.05) is 19.9 Å². The first-order valence-corrected chi connectivity index (χ1v) is 8.34. The smallest absolute Gasteiger partial charge is 0.321 e. The van der Waals surface area contributed by atoms with Gasteiger partial charge in [0.05, 0.1) is 11.8 Å². The predicted octanol–water partition coefficient (Wildman–Crippen LogP) is 1.71. The minimum atomic E-state index is -1.04. The highest BCUT2D eigenvalue weighted by atomic mass is 32.2. The summed E-state index contributed by atoms with van der Waals surface area (Å²) in [5.74, 6) is -0.399. The van der Waals surface area contributed by atoms with Crippen molar-refractivity contribution in [3.8, 4) is 0 Å². The second kappa shape index (κ2) is 8.28. The number of nitrogens with two attached hydrogens (primary N) is 1. The van der Waals surface area contributed by atoms with Crippen molar-refractivity contribution in [3.63, 3.8) is 0 Å². The van der Waals surface area contributed by atoms with Crippen molar-refractivity contribution in [2.45, 2.75) is 25.9 Å². The van der Waals surface area contributed by atoms with Crippen LogP contribution in [0.3, 0.4) is 0 Å². The van der Waals surface area contributed by atoms with Crippen molar-refractivity contribution >= 4 is 35.0 Å². The van der Waals surface area contributed by atoms with Gasteiger partial charge >= 0.3 is 5.97 Å². The zero-order chi connectivity index (χ0) is 15.1.